The molecule has 0 aliphatic heterocycles. The molecule has 0 saturated carbocycles. The molecule has 3 heterocycles. The minimum Gasteiger partial charge on any atom is -0.509 e. The Bertz CT molecular complexity index is 2160. The number of pyridine rings is 1. The second-order valence-electron chi connectivity index (χ2n) is 12.6. The van der Waals surface area contributed by atoms with E-state index in [0.29, 0.717) is 47.0 Å². The van der Waals surface area contributed by atoms with Crippen molar-refractivity contribution in [3.05, 3.63) is 119 Å². The summed E-state index contributed by atoms with van der Waals surface area (Å²) < 4.78 is 54.4. The van der Waals surface area contributed by atoms with Crippen molar-refractivity contribution in [3.63, 3.8) is 0 Å². The molecule has 0 amide bonds. The Kier molecular flexibility index (Phi) is 11.0. The van der Waals surface area contributed by atoms with Crippen molar-refractivity contribution in [2.45, 2.75) is 84.0 Å². The first-order valence-corrected chi connectivity index (χ1v) is 17.3. The first kappa shape index (κ1) is 35.7. The normalized spacial score (nSPS) is 17.6. The van der Waals surface area contributed by atoms with Crippen molar-refractivity contribution in [2.75, 3.05) is 0 Å². The molecule has 50 heavy (non-hydrogen) atoms. The number of halogens is 3. The predicted molar refractivity (Wildman–Crippen MR) is 188 cm³/mol. The molecule has 3 atom stereocenters. The van der Waals surface area contributed by atoms with Crippen LogP contribution in [0.2, 0.25) is 0 Å². The Morgan fingerprint density at radius 3 is 2.50 bits per heavy atom. The molecule has 3 aromatic carbocycles. The number of unbranched alkanes of at least 4 members (excludes halogenated alkanes) is 2. The van der Waals surface area contributed by atoms with Gasteiger partial charge < -0.3 is 9.30 Å². The first-order chi connectivity index (χ1) is 23.9. The van der Waals surface area contributed by atoms with Gasteiger partial charge in [0.05, 0.1) is 11.6 Å². The second kappa shape index (κ2) is 15.4. The molecule has 6 aromatic rings. The third-order valence-corrected chi connectivity index (χ3v) is 9.39. The van der Waals surface area contributed by atoms with Gasteiger partial charge in [-0.25, -0.2) is 18.2 Å². The van der Waals surface area contributed by atoms with E-state index in [0.717, 1.165) is 46.5 Å². The van der Waals surface area contributed by atoms with Gasteiger partial charge in [0.2, 0.25) is 0 Å². The van der Waals surface area contributed by atoms with E-state index >= 15 is 8.78 Å². The number of ether oxygens (including phenoxy) is 1. The summed E-state index contributed by atoms with van der Waals surface area (Å²) in [4.78, 5) is 4.77. The monoisotopic (exact) mass is 855 g/mol. The largest absolute Gasteiger partial charge is 2.00 e. The van der Waals surface area contributed by atoms with Gasteiger partial charge in [-0.15, -0.1) is 35.7 Å². The summed E-state index contributed by atoms with van der Waals surface area (Å²) in [5.74, 6) is -0.179. The minimum atomic E-state index is -1.67. The molecule has 7 rings (SSSR count). The molecule has 1 unspecified atom stereocenters. The summed E-state index contributed by atoms with van der Waals surface area (Å²) in [5, 5.41) is 6.92. The van der Waals surface area contributed by atoms with E-state index < -0.39 is 24.1 Å². The molecular weight excluding hydrogens is 817 g/mol. The smallest absolute Gasteiger partial charge is 0.509 e. The number of para-hydroxylation sites is 1. The maximum absolute atomic E-state index is 15.2. The molecule has 260 valence electrons. The van der Waals surface area contributed by atoms with Crippen LogP contribution in [0, 0.1) is 12.1 Å². The van der Waals surface area contributed by atoms with E-state index in [-0.39, 0.29) is 27.5 Å². The van der Waals surface area contributed by atoms with Gasteiger partial charge in [-0.2, -0.15) is 17.2 Å². The third-order valence-electron chi connectivity index (χ3n) is 9.39. The van der Waals surface area contributed by atoms with E-state index in [9.17, 15) is 4.39 Å². The summed E-state index contributed by atoms with van der Waals surface area (Å²) >= 11 is 0. The molecule has 0 spiro atoms. The molecule has 0 fully saturated rings. The van der Waals surface area contributed by atoms with Crippen molar-refractivity contribution in [1.29, 1.82) is 0 Å². The number of allylic oxidation sites excluding steroid dienone is 2. The van der Waals surface area contributed by atoms with Crippen LogP contribution in [0.5, 0.6) is 11.5 Å². The van der Waals surface area contributed by atoms with Crippen molar-refractivity contribution >= 4 is 21.8 Å². The number of hydrogen-bond donors (Lipinski definition) is 0. The maximum atomic E-state index is 15.2. The summed E-state index contributed by atoms with van der Waals surface area (Å²) in [5.41, 5.74) is 5.46. The van der Waals surface area contributed by atoms with Gasteiger partial charge in [0, 0.05) is 40.9 Å². The van der Waals surface area contributed by atoms with Crippen molar-refractivity contribution < 1.29 is 39.0 Å². The number of alkyl halides is 2. The van der Waals surface area contributed by atoms with Crippen LogP contribution in [-0.2, 0) is 40.3 Å². The summed E-state index contributed by atoms with van der Waals surface area (Å²) in [6, 6.07) is 28.7. The van der Waals surface area contributed by atoms with Gasteiger partial charge in [-0.3, -0.25) is 4.68 Å². The van der Waals surface area contributed by atoms with Crippen LogP contribution in [0.1, 0.15) is 74.9 Å². The number of benzene rings is 3. The van der Waals surface area contributed by atoms with Gasteiger partial charge in [0.25, 0.3) is 0 Å². The molecule has 0 saturated heterocycles. The van der Waals surface area contributed by atoms with Crippen LogP contribution in [0.25, 0.3) is 33.3 Å². The topological polar surface area (TPSA) is 44.9 Å². The van der Waals surface area contributed by atoms with E-state index in [1.807, 2.05) is 56.4 Å². The Hall–Kier alpha value is -4.16. The number of hydrogen-bond acceptors (Lipinski definition) is 3. The molecule has 5 nitrogen and oxygen atoms in total. The average Bonchev–Trinajstić information content (AvgIpc) is 3.63. The molecular formula is C41H39F3N4OPt. The fourth-order valence-corrected chi connectivity index (χ4v) is 7.09. The molecule has 1 aliphatic rings. The summed E-state index contributed by atoms with van der Waals surface area (Å²) in [7, 11) is 0. The Labute approximate surface area is 305 Å². The van der Waals surface area contributed by atoms with Crippen LogP contribution in [0.4, 0.5) is 13.2 Å². The van der Waals surface area contributed by atoms with Crippen LogP contribution in [0.3, 0.4) is 0 Å². The number of aromatic nitrogens is 4. The van der Waals surface area contributed by atoms with Crippen LogP contribution in [0.15, 0.2) is 84.8 Å². The number of nitrogens with zero attached hydrogens (tertiary/aromatic N) is 4. The third kappa shape index (κ3) is 6.79. The molecule has 9 heteroatoms. The Balaban J connectivity index is 0.00000432. The average molecular weight is 856 g/mol. The van der Waals surface area contributed by atoms with Gasteiger partial charge in [0.1, 0.15) is 24.0 Å². The number of aryl methyl sites for hydroxylation is 2. The van der Waals surface area contributed by atoms with Gasteiger partial charge in [-0.1, -0.05) is 57.3 Å². The molecule has 0 bridgehead atoms. The van der Waals surface area contributed by atoms with Crippen LogP contribution >= 0.6 is 0 Å². The van der Waals surface area contributed by atoms with E-state index in [2.05, 4.69) is 47.9 Å². The zero-order valence-electron chi connectivity index (χ0n) is 28.3. The fourth-order valence-electron chi connectivity index (χ4n) is 7.09. The molecule has 0 radical (unpaired) electrons. The standard InChI is InChI=1S/C41H39F3N4O.Pt/c1-4-7-8-12-26-19-20-45-39(21-26)47-37-16-10-9-15-31(37)32-18-17-30(25-38(32)47)49-29-14-11-13-28(24-29)48-36(6-3)41(35(5-2)46-48)40-33(43)22-27(42)23-34(40)44;/h9-11,13-22,27,34,40H,4-8,12,23H2,1-3H3;/q-2;+2/t27-,34-,40?;/m0./s1. The zero-order chi connectivity index (χ0) is 34.1. The fraction of sp³-hybridized carbons (Fsp3) is 0.317. The number of fused-ring (bicyclic) bond motifs is 3. The molecule has 1 aliphatic carbocycles. The maximum Gasteiger partial charge on any atom is 2.00 e. The van der Waals surface area contributed by atoms with Gasteiger partial charge in [0.15, 0.2) is 0 Å². The van der Waals surface area contributed by atoms with E-state index in [4.69, 9.17) is 14.8 Å². The Morgan fingerprint density at radius 2 is 1.72 bits per heavy atom. The second-order valence-corrected chi connectivity index (χ2v) is 12.6. The van der Waals surface area contributed by atoms with E-state index in [1.165, 1.54) is 18.4 Å². The predicted octanol–water partition coefficient (Wildman–Crippen LogP) is 10.6. The van der Waals surface area contributed by atoms with Crippen LogP contribution < -0.4 is 4.74 Å². The minimum absolute atomic E-state index is 0. The number of rotatable bonds is 11. The van der Waals surface area contributed by atoms with Gasteiger partial charge >= 0.3 is 21.1 Å². The molecule has 3 aromatic heterocycles. The van der Waals surface area contributed by atoms with Crippen LogP contribution in [-0.4, -0.2) is 31.7 Å². The summed E-state index contributed by atoms with van der Waals surface area (Å²) in [6.45, 7) is 6.03. The van der Waals surface area contributed by atoms with Crippen molar-refractivity contribution in [2.24, 2.45) is 0 Å². The van der Waals surface area contributed by atoms with Gasteiger partial charge in [-0.05, 0) is 66.6 Å². The van der Waals surface area contributed by atoms with Crippen molar-refractivity contribution in [3.8, 4) is 23.0 Å². The SMILES string of the molecule is CCCCCc1ccnc(-n2c3[c-]c(Oc4[c-]c(-n5nc(CC)c(C6C(F)=C[C@H](F)C[C@@H]6F)c5CC)ccc4)ccc3c3ccccc32)c1.[Pt+2]. The first-order valence-electron chi connectivity index (χ1n) is 17.3. The van der Waals surface area contributed by atoms with Crippen molar-refractivity contribution in [1.82, 2.24) is 19.3 Å². The Morgan fingerprint density at radius 1 is 0.900 bits per heavy atom. The quantitative estimate of drug-likeness (QED) is 0.0963. The molecule has 0 N–H and O–H groups in total. The van der Waals surface area contributed by atoms with E-state index in [1.54, 1.807) is 10.7 Å². The summed E-state index contributed by atoms with van der Waals surface area (Å²) in [6.07, 6.45) is 4.53. The zero-order valence-corrected chi connectivity index (χ0v) is 30.6.